The minimum atomic E-state index is 0. The second-order valence-corrected chi connectivity index (χ2v) is 6.41. The van der Waals surface area contributed by atoms with Gasteiger partial charge in [0.05, 0.1) is 0 Å². The molecule has 2 aromatic rings. The zero-order chi connectivity index (χ0) is 18.0. The molecule has 0 aliphatic rings. The van der Waals surface area contributed by atoms with E-state index >= 15 is 0 Å². The number of hydrogen-bond donors (Lipinski definition) is 0. The molecule has 0 spiro atoms. The van der Waals surface area contributed by atoms with Crippen molar-refractivity contribution in [3.05, 3.63) is 67.6 Å². The molecule has 154 valence electrons. The molecule has 0 amide bonds. The maximum absolute atomic E-state index is 5.58. The number of hydrogen-bond acceptors (Lipinski definition) is 1. The Morgan fingerprint density at radius 3 is 1.32 bits per heavy atom. The zero-order valence-electron chi connectivity index (χ0n) is 18.0. The first kappa shape index (κ1) is 32.6. The number of ether oxygens (including phenoxy) is 1. The first-order chi connectivity index (χ1) is 12.4. The van der Waals surface area contributed by atoms with E-state index in [1.54, 1.807) is 0 Å². The average Bonchev–Trinajstić information content (AvgIpc) is 2.66. The van der Waals surface area contributed by atoms with Gasteiger partial charge in [-0.1, -0.05) is 101 Å². The molecule has 28 heavy (non-hydrogen) atoms. The Kier molecular flexibility index (Phi) is 29.1. The third kappa shape index (κ3) is 19.3. The standard InChI is InChI=1S/C12H10O.C12H25.Na.2H2S/c1-3-7-11(8-4-1)13-12-9-5-2-6-10-12;1-3-5-7-9-11-12-10-8-6-4-2;;;/h1-10H;1,3-12H2,2H3;;2*1H2/q;-1;+1;;. The Bertz CT molecular complexity index is 461. The van der Waals surface area contributed by atoms with Crippen LogP contribution in [0.4, 0.5) is 0 Å². The van der Waals surface area contributed by atoms with E-state index in [0.717, 1.165) is 17.9 Å². The van der Waals surface area contributed by atoms with Crippen LogP contribution in [0.25, 0.3) is 0 Å². The molecule has 1 nitrogen and oxygen atoms in total. The van der Waals surface area contributed by atoms with E-state index in [-0.39, 0.29) is 56.5 Å². The van der Waals surface area contributed by atoms with Gasteiger partial charge >= 0.3 is 29.6 Å². The summed E-state index contributed by atoms with van der Waals surface area (Å²) in [5.41, 5.74) is 0. The second-order valence-electron chi connectivity index (χ2n) is 6.41. The van der Waals surface area contributed by atoms with Gasteiger partial charge in [0.15, 0.2) is 0 Å². The van der Waals surface area contributed by atoms with E-state index in [9.17, 15) is 0 Å². The maximum Gasteiger partial charge on any atom is 1.00 e. The van der Waals surface area contributed by atoms with Gasteiger partial charge in [0.1, 0.15) is 11.5 Å². The van der Waals surface area contributed by atoms with Crippen molar-refractivity contribution < 1.29 is 34.3 Å². The van der Waals surface area contributed by atoms with E-state index in [2.05, 4.69) is 13.8 Å². The molecule has 0 saturated carbocycles. The van der Waals surface area contributed by atoms with Crippen LogP contribution in [-0.2, 0) is 0 Å². The second kappa shape index (κ2) is 25.0. The van der Waals surface area contributed by atoms with E-state index < -0.39 is 0 Å². The van der Waals surface area contributed by atoms with Gasteiger partial charge in [0.25, 0.3) is 0 Å². The fourth-order valence-electron chi connectivity index (χ4n) is 2.60. The third-order valence-electron chi connectivity index (χ3n) is 4.08. The van der Waals surface area contributed by atoms with Crippen molar-refractivity contribution in [3.8, 4) is 11.5 Å². The van der Waals surface area contributed by atoms with Gasteiger partial charge in [-0.3, -0.25) is 0 Å². The van der Waals surface area contributed by atoms with E-state index in [1.807, 2.05) is 60.7 Å². The van der Waals surface area contributed by atoms with Crippen LogP contribution in [-0.4, -0.2) is 0 Å². The molecule has 0 N–H and O–H groups in total. The molecule has 0 radical (unpaired) electrons. The van der Waals surface area contributed by atoms with Gasteiger partial charge in [-0.25, -0.2) is 0 Å². The summed E-state index contributed by atoms with van der Waals surface area (Å²) in [6.07, 6.45) is 13.9. The molecule has 2 aromatic carbocycles. The first-order valence-corrected chi connectivity index (χ1v) is 9.94. The van der Waals surface area contributed by atoms with Gasteiger partial charge < -0.3 is 11.7 Å². The molecule has 0 unspecified atom stereocenters. The van der Waals surface area contributed by atoms with Crippen molar-refractivity contribution >= 4 is 27.0 Å². The Labute approximate surface area is 210 Å². The normalized spacial score (nSPS) is 8.93. The van der Waals surface area contributed by atoms with Crippen LogP contribution >= 0.6 is 27.0 Å². The monoisotopic (exact) mass is 430 g/mol. The summed E-state index contributed by atoms with van der Waals surface area (Å²) < 4.78 is 5.58. The molecular formula is C24H39NaOS2. The summed E-state index contributed by atoms with van der Waals surface area (Å²) in [5.74, 6) is 1.74. The summed E-state index contributed by atoms with van der Waals surface area (Å²) in [4.78, 5) is 0. The molecule has 4 heteroatoms. The fourth-order valence-corrected chi connectivity index (χ4v) is 2.60. The fraction of sp³-hybridized carbons (Fsp3) is 0.458. The van der Waals surface area contributed by atoms with Crippen LogP contribution in [0.2, 0.25) is 0 Å². The van der Waals surface area contributed by atoms with Crippen molar-refractivity contribution in [1.29, 1.82) is 0 Å². The molecule has 0 atom stereocenters. The molecule has 0 aromatic heterocycles. The molecular weight excluding hydrogens is 391 g/mol. The van der Waals surface area contributed by atoms with Crippen molar-refractivity contribution in [3.63, 3.8) is 0 Å². The maximum atomic E-state index is 5.58. The number of para-hydroxylation sites is 2. The predicted molar refractivity (Wildman–Crippen MR) is 131 cm³/mol. The third-order valence-corrected chi connectivity index (χ3v) is 4.08. The smallest absolute Gasteiger partial charge is 0.457 e. The van der Waals surface area contributed by atoms with Crippen molar-refractivity contribution in [2.45, 2.75) is 71.1 Å². The molecule has 0 aliphatic carbocycles. The SMILES string of the molecule is S.S.[CH2-]CCCCCCCCCCC.[Na+].c1ccc(Oc2ccccc2)cc1. The van der Waals surface area contributed by atoms with Gasteiger partial charge in [-0.2, -0.15) is 33.4 Å². The Balaban J connectivity index is -0.000000405. The van der Waals surface area contributed by atoms with Gasteiger partial charge in [-0.05, 0) is 24.3 Å². The van der Waals surface area contributed by atoms with Crippen LogP contribution in [0.1, 0.15) is 71.1 Å². The zero-order valence-corrected chi connectivity index (χ0v) is 22.0. The van der Waals surface area contributed by atoms with Crippen LogP contribution in [0.15, 0.2) is 60.7 Å². The van der Waals surface area contributed by atoms with Crippen molar-refractivity contribution in [2.24, 2.45) is 0 Å². The average molecular weight is 431 g/mol. The van der Waals surface area contributed by atoms with E-state index in [4.69, 9.17) is 4.74 Å². The summed E-state index contributed by atoms with van der Waals surface area (Å²) in [6, 6.07) is 19.5. The summed E-state index contributed by atoms with van der Waals surface area (Å²) in [7, 11) is 0. The molecule has 0 aliphatic heterocycles. The molecule has 2 rings (SSSR count). The van der Waals surface area contributed by atoms with Crippen LogP contribution in [0.3, 0.4) is 0 Å². The minimum Gasteiger partial charge on any atom is -0.457 e. The quantitative estimate of drug-likeness (QED) is 0.262. The molecule has 0 saturated heterocycles. The summed E-state index contributed by atoms with van der Waals surface area (Å²) in [5, 5.41) is 0. The number of benzene rings is 2. The van der Waals surface area contributed by atoms with E-state index in [1.165, 1.54) is 57.8 Å². The van der Waals surface area contributed by atoms with Crippen molar-refractivity contribution in [1.82, 2.24) is 0 Å². The van der Waals surface area contributed by atoms with Crippen LogP contribution in [0, 0.1) is 6.92 Å². The molecule has 0 bridgehead atoms. The topological polar surface area (TPSA) is 9.23 Å². The van der Waals surface area contributed by atoms with Gasteiger partial charge in [0.2, 0.25) is 0 Å². The number of unbranched alkanes of at least 4 members (excludes halogenated alkanes) is 9. The number of rotatable bonds is 11. The van der Waals surface area contributed by atoms with Crippen LogP contribution < -0.4 is 34.3 Å². The van der Waals surface area contributed by atoms with Crippen molar-refractivity contribution in [2.75, 3.05) is 0 Å². The minimum absolute atomic E-state index is 0. The summed E-state index contributed by atoms with van der Waals surface area (Å²) in [6.45, 7) is 6.12. The van der Waals surface area contributed by atoms with E-state index in [0.29, 0.717) is 0 Å². The Morgan fingerprint density at radius 1 is 0.607 bits per heavy atom. The largest absolute Gasteiger partial charge is 1.00 e. The molecule has 0 fully saturated rings. The van der Waals surface area contributed by atoms with Crippen LogP contribution in [0.5, 0.6) is 11.5 Å². The molecule has 0 heterocycles. The first-order valence-electron chi connectivity index (χ1n) is 9.94. The van der Waals surface area contributed by atoms with Gasteiger partial charge in [0, 0.05) is 0 Å². The van der Waals surface area contributed by atoms with Gasteiger partial charge in [-0.15, -0.1) is 0 Å². The summed E-state index contributed by atoms with van der Waals surface area (Å²) >= 11 is 0. The Morgan fingerprint density at radius 2 is 0.964 bits per heavy atom. The Hall–Kier alpha value is -0.0600. The predicted octanol–water partition coefficient (Wildman–Crippen LogP) is 5.45.